The van der Waals surface area contributed by atoms with E-state index in [1.165, 1.54) is 11.1 Å². The minimum Gasteiger partial charge on any atom is -0.352 e. The summed E-state index contributed by atoms with van der Waals surface area (Å²) in [6.45, 7) is 3.84. The van der Waals surface area contributed by atoms with Gasteiger partial charge >= 0.3 is 0 Å². The molecule has 1 amide bonds. The summed E-state index contributed by atoms with van der Waals surface area (Å²) in [4.78, 5) is 14.3. The smallest absolute Gasteiger partial charge is 0.237 e. The molecule has 106 valence electrons. The van der Waals surface area contributed by atoms with Gasteiger partial charge in [-0.2, -0.15) is 0 Å². The van der Waals surface area contributed by atoms with Crippen molar-refractivity contribution < 1.29 is 4.79 Å². The second-order valence-corrected chi connectivity index (χ2v) is 5.80. The Kier molecular flexibility index (Phi) is 3.88. The number of amides is 1. The molecule has 1 aliphatic carbocycles. The molecule has 1 N–H and O–H groups in total. The largest absolute Gasteiger partial charge is 0.352 e. The molecule has 0 spiro atoms. The van der Waals surface area contributed by atoms with Crippen LogP contribution in [0.4, 0.5) is 0 Å². The van der Waals surface area contributed by atoms with Crippen molar-refractivity contribution in [2.75, 3.05) is 13.1 Å². The Morgan fingerprint density at radius 2 is 2.05 bits per heavy atom. The van der Waals surface area contributed by atoms with E-state index < -0.39 is 0 Å². The molecule has 0 saturated heterocycles. The predicted molar refractivity (Wildman–Crippen MR) is 81.2 cm³/mol. The Morgan fingerprint density at radius 1 is 1.30 bits per heavy atom. The van der Waals surface area contributed by atoms with Gasteiger partial charge in [0.2, 0.25) is 5.91 Å². The minimum absolute atomic E-state index is 0.0239. The Morgan fingerprint density at radius 3 is 2.65 bits per heavy atom. The van der Waals surface area contributed by atoms with E-state index in [1.807, 2.05) is 13.0 Å². The van der Waals surface area contributed by atoms with Crippen molar-refractivity contribution >= 4 is 11.5 Å². The second-order valence-electron chi connectivity index (χ2n) is 5.80. The maximum Gasteiger partial charge on any atom is 0.237 e. The molecule has 0 bridgehead atoms. The number of carbonyl (C=O) groups excluding carboxylic acids is 1. The van der Waals surface area contributed by atoms with E-state index in [9.17, 15) is 4.79 Å². The summed E-state index contributed by atoms with van der Waals surface area (Å²) < 4.78 is 0. The van der Waals surface area contributed by atoms with Crippen molar-refractivity contribution in [3.05, 3.63) is 42.0 Å². The first kappa shape index (κ1) is 13.4. The summed E-state index contributed by atoms with van der Waals surface area (Å²) in [5.74, 6) is 0.184. The number of carbonyl (C=O) groups is 1. The molecule has 1 saturated carbocycles. The highest BCUT2D eigenvalue weighted by Crippen LogP contribution is 2.23. The lowest BCUT2D eigenvalue weighted by atomic mass is 9.99. The second kappa shape index (κ2) is 5.80. The number of rotatable bonds is 4. The summed E-state index contributed by atoms with van der Waals surface area (Å²) in [6, 6.07) is 10.9. The Labute approximate surface area is 120 Å². The van der Waals surface area contributed by atoms with E-state index in [2.05, 4.69) is 40.6 Å². The number of hydrogen-bond acceptors (Lipinski definition) is 2. The average molecular weight is 270 g/mol. The zero-order valence-electron chi connectivity index (χ0n) is 12.0. The van der Waals surface area contributed by atoms with Crippen LogP contribution in [0.3, 0.4) is 0 Å². The Balaban J connectivity index is 1.59. The minimum atomic E-state index is -0.0239. The van der Waals surface area contributed by atoms with Crippen LogP contribution < -0.4 is 5.32 Å². The molecule has 1 fully saturated rings. The van der Waals surface area contributed by atoms with Gasteiger partial charge in [0.05, 0.1) is 6.04 Å². The number of hydrogen-bond donors (Lipinski definition) is 1. The van der Waals surface area contributed by atoms with E-state index in [0.29, 0.717) is 6.04 Å². The fraction of sp³-hybridized carbons (Fsp3) is 0.471. The molecule has 1 aromatic rings. The normalized spacial score (nSPS) is 21.1. The average Bonchev–Trinajstić information content (AvgIpc) is 3.31. The highest BCUT2D eigenvalue weighted by atomic mass is 16.2. The van der Waals surface area contributed by atoms with Gasteiger partial charge in [-0.1, -0.05) is 36.4 Å². The number of nitrogens with zero attached hydrogens (tertiary/aromatic N) is 1. The van der Waals surface area contributed by atoms with Crippen LogP contribution >= 0.6 is 0 Å². The molecule has 1 unspecified atom stereocenters. The van der Waals surface area contributed by atoms with Crippen LogP contribution in [0.25, 0.3) is 5.57 Å². The maximum atomic E-state index is 12.1. The topological polar surface area (TPSA) is 32.3 Å². The lowest BCUT2D eigenvalue weighted by molar-refractivity contribution is -0.125. The van der Waals surface area contributed by atoms with Crippen LogP contribution in [-0.2, 0) is 4.79 Å². The van der Waals surface area contributed by atoms with Gasteiger partial charge in [0.15, 0.2) is 0 Å². The van der Waals surface area contributed by atoms with Crippen LogP contribution in [0.2, 0.25) is 0 Å². The molecule has 0 radical (unpaired) electrons. The molecular formula is C17H22N2O. The molecular weight excluding hydrogens is 248 g/mol. The van der Waals surface area contributed by atoms with Crippen molar-refractivity contribution in [3.63, 3.8) is 0 Å². The van der Waals surface area contributed by atoms with E-state index in [1.54, 1.807) is 0 Å². The molecule has 3 nitrogen and oxygen atoms in total. The summed E-state index contributed by atoms with van der Waals surface area (Å²) in [5, 5.41) is 3.09. The van der Waals surface area contributed by atoms with Crippen molar-refractivity contribution in [3.8, 4) is 0 Å². The third-order valence-electron chi connectivity index (χ3n) is 4.24. The fourth-order valence-electron chi connectivity index (χ4n) is 2.67. The number of benzene rings is 1. The first-order valence-corrected chi connectivity index (χ1v) is 7.53. The van der Waals surface area contributed by atoms with Crippen molar-refractivity contribution in [2.45, 2.75) is 38.3 Å². The third-order valence-corrected chi connectivity index (χ3v) is 4.24. The zero-order chi connectivity index (χ0) is 13.9. The van der Waals surface area contributed by atoms with Gasteiger partial charge in [0.25, 0.3) is 0 Å². The van der Waals surface area contributed by atoms with Gasteiger partial charge in [-0.25, -0.2) is 0 Å². The van der Waals surface area contributed by atoms with Crippen LogP contribution in [-0.4, -0.2) is 36.0 Å². The zero-order valence-corrected chi connectivity index (χ0v) is 12.0. The summed E-state index contributed by atoms with van der Waals surface area (Å²) in [5.41, 5.74) is 2.71. The first-order valence-electron chi connectivity index (χ1n) is 7.53. The van der Waals surface area contributed by atoms with Crippen molar-refractivity contribution in [1.29, 1.82) is 0 Å². The van der Waals surface area contributed by atoms with E-state index >= 15 is 0 Å². The van der Waals surface area contributed by atoms with Gasteiger partial charge in [-0.3, -0.25) is 9.69 Å². The predicted octanol–water partition coefficient (Wildman–Crippen LogP) is 2.44. The summed E-state index contributed by atoms with van der Waals surface area (Å²) in [6.07, 6.45) is 5.58. The highest BCUT2D eigenvalue weighted by Gasteiger charge is 2.28. The standard InChI is InChI=1S/C17H22N2O/c1-13(17(20)18-16-7-8-16)19-11-9-15(10-12-19)14-5-3-2-4-6-14/h2-6,9,13,16H,7-8,10-12H2,1H3,(H,18,20). The molecule has 3 rings (SSSR count). The number of nitrogens with one attached hydrogen (secondary N) is 1. The molecule has 0 aromatic heterocycles. The fourth-order valence-corrected chi connectivity index (χ4v) is 2.67. The van der Waals surface area contributed by atoms with Gasteiger partial charge < -0.3 is 5.32 Å². The van der Waals surface area contributed by atoms with Crippen molar-refractivity contribution in [1.82, 2.24) is 10.2 Å². The quantitative estimate of drug-likeness (QED) is 0.911. The molecule has 3 heteroatoms. The van der Waals surface area contributed by atoms with E-state index in [0.717, 1.165) is 32.4 Å². The lowest BCUT2D eigenvalue weighted by Gasteiger charge is -2.31. The monoisotopic (exact) mass is 270 g/mol. The van der Waals surface area contributed by atoms with Crippen LogP contribution in [0.15, 0.2) is 36.4 Å². The molecule has 1 aromatic carbocycles. The van der Waals surface area contributed by atoms with Gasteiger partial charge in [-0.05, 0) is 37.3 Å². The van der Waals surface area contributed by atoms with Gasteiger partial charge in [0, 0.05) is 19.1 Å². The van der Waals surface area contributed by atoms with Crippen LogP contribution in [0, 0.1) is 0 Å². The molecule has 20 heavy (non-hydrogen) atoms. The molecule has 1 aliphatic heterocycles. The molecule has 1 heterocycles. The SMILES string of the molecule is CC(C(=O)NC1CC1)N1CC=C(c2ccccc2)CC1. The molecule has 1 atom stereocenters. The van der Waals surface area contributed by atoms with Crippen LogP contribution in [0.5, 0.6) is 0 Å². The van der Waals surface area contributed by atoms with Gasteiger partial charge in [-0.15, -0.1) is 0 Å². The lowest BCUT2D eigenvalue weighted by Crippen LogP contribution is -2.47. The Bertz CT molecular complexity index is 505. The molecule has 2 aliphatic rings. The highest BCUT2D eigenvalue weighted by molar-refractivity contribution is 5.82. The van der Waals surface area contributed by atoms with E-state index in [4.69, 9.17) is 0 Å². The summed E-state index contributed by atoms with van der Waals surface area (Å²) >= 11 is 0. The van der Waals surface area contributed by atoms with Crippen LogP contribution in [0.1, 0.15) is 31.7 Å². The maximum absolute atomic E-state index is 12.1. The first-order chi connectivity index (χ1) is 9.74. The van der Waals surface area contributed by atoms with E-state index in [-0.39, 0.29) is 11.9 Å². The van der Waals surface area contributed by atoms with Crippen molar-refractivity contribution in [2.24, 2.45) is 0 Å². The third kappa shape index (κ3) is 3.10. The Hall–Kier alpha value is -1.61. The summed E-state index contributed by atoms with van der Waals surface area (Å²) in [7, 11) is 0. The van der Waals surface area contributed by atoms with Gasteiger partial charge in [0.1, 0.15) is 0 Å².